The minimum absolute atomic E-state index is 0.183. The van der Waals surface area contributed by atoms with Gasteiger partial charge < -0.3 is 15.1 Å². The number of quaternary nitrogens is 1. The second-order valence-electron chi connectivity index (χ2n) is 9.41. The molecule has 0 atom stereocenters. The Kier molecular flexibility index (Phi) is 5.85. The number of hydrogen-bond acceptors (Lipinski definition) is 1. The quantitative estimate of drug-likeness (QED) is 0.466. The first-order valence-electron chi connectivity index (χ1n) is 11.5. The second-order valence-corrected chi connectivity index (χ2v) is 9.41. The van der Waals surface area contributed by atoms with E-state index in [4.69, 9.17) is 0 Å². The van der Waals surface area contributed by atoms with E-state index in [1.54, 1.807) is 24.3 Å². The van der Waals surface area contributed by atoms with Crippen LogP contribution >= 0.6 is 0 Å². The Labute approximate surface area is 192 Å². The molecule has 5 rings (SSSR count). The van der Waals surface area contributed by atoms with Gasteiger partial charge in [0.25, 0.3) is 0 Å². The molecule has 0 aromatic heterocycles. The van der Waals surface area contributed by atoms with Crippen LogP contribution in [0.4, 0.5) is 25.0 Å². The number of fused-ring (bicyclic) bond motifs is 1. The van der Waals surface area contributed by atoms with Crippen LogP contribution in [0.3, 0.4) is 0 Å². The number of piperidine rings is 1. The standard InChI is InChI=1S/C27H27F2N3O/c28-22-6-4-19(5-7-22)16-20-12-14-32(15-13-20)17-21-2-1-3-26(25(21)18-32)31-27(33)30-24-10-8-23(29)9-11-24/h1-11,20H,12-18H2,(H-,30,31,33)/p+1. The second kappa shape index (κ2) is 8.94. The Bertz CT molecular complexity index is 1140. The summed E-state index contributed by atoms with van der Waals surface area (Å²) in [5, 5.41) is 5.76. The van der Waals surface area contributed by atoms with Crippen LogP contribution in [0.15, 0.2) is 66.7 Å². The summed E-state index contributed by atoms with van der Waals surface area (Å²) in [4.78, 5) is 12.5. The molecule has 1 saturated heterocycles. The Balaban J connectivity index is 1.21. The number of carbonyl (C=O) groups is 1. The fourth-order valence-corrected chi connectivity index (χ4v) is 5.30. The smallest absolute Gasteiger partial charge is 0.316 e. The summed E-state index contributed by atoms with van der Waals surface area (Å²) in [5.74, 6) is 0.108. The van der Waals surface area contributed by atoms with Gasteiger partial charge in [-0.15, -0.1) is 0 Å². The number of hydrogen-bond donors (Lipinski definition) is 2. The van der Waals surface area contributed by atoms with Crippen molar-refractivity contribution in [2.75, 3.05) is 23.7 Å². The molecule has 0 bridgehead atoms. The van der Waals surface area contributed by atoms with E-state index in [0.717, 1.165) is 55.6 Å². The maximum Gasteiger partial charge on any atom is 0.323 e. The van der Waals surface area contributed by atoms with Gasteiger partial charge in [-0.05, 0) is 73.2 Å². The molecule has 0 saturated carbocycles. The maximum atomic E-state index is 13.2. The number of nitrogens with one attached hydrogen (secondary N) is 2. The topological polar surface area (TPSA) is 41.1 Å². The van der Waals surface area contributed by atoms with Gasteiger partial charge in [-0.3, -0.25) is 0 Å². The highest BCUT2D eigenvalue weighted by Crippen LogP contribution is 2.39. The lowest BCUT2D eigenvalue weighted by atomic mass is 9.89. The number of halogens is 2. The normalized spacial score (nSPS) is 21.6. The lowest BCUT2D eigenvalue weighted by molar-refractivity contribution is -0.952. The van der Waals surface area contributed by atoms with Crippen molar-refractivity contribution >= 4 is 17.4 Å². The highest BCUT2D eigenvalue weighted by atomic mass is 19.1. The van der Waals surface area contributed by atoms with E-state index >= 15 is 0 Å². The van der Waals surface area contributed by atoms with Gasteiger partial charge in [0, 0.05) is 16.8 Å². The van der Waals surface area contributed by atoms with E-state index in [1.165, 1.54) is 28.8 Å². The Hall–Kier alpha value is -3.25. The van der Waals surface area contributed by atoms with Gasteiger partial charge in [-0.2, -0.15) is 0 Å². The molecule has 2 amide bonds. The molecule has 2 aliphatic rings. The molecule has 170 valence electrons. The molecule has 3 aromatic rings. The zero-order valence-electron chi connectivity index (χ0n) is 18.5. The van der Waals surface area contributed by atoms with Crippen LogP contribution in [0.25, 0.3) is 0 Å². The molecule has 3 aromatic carbocycles. The summed E-state index contributed by atoms with van der Waals surface area (Å²) in [6.45, 7) is 4.14. The first-order chi connectivity index (χ1) is 16.0. The van der Waals surface area contributed by atoms with Gasteiger partial charge in [-0.25, -0.2) is 13.6 Å². The zero-order chi connectivity index (χ0) is 22.8. The van der Waals surface area contributed by atoms with Gasteiger partial charge in [-0.1, -0.05) is 24.3 Å². The Morgan fingerprint density at radius 3 is 2.21 bits per heavy atom. The van der Waals surface area contributed by atoms with Crippen LogP contribution in [0.5, 0.6) is 0 Å². The first kappa shape index (κ1) is 21.6. The molecule has 2 N–H and O–H groups in total. The molecule has 1 spiro atoms. The lowest BCUT2D eigenvalue weighted by Gasteiger charge is -2.40. The fraction of sp³-hybridized carbons (Fsp3) is 0.296. The van der Waals surface area contributed by atoms with Crippen LogP contribution in [0.1, 0.15) is 29.5 Å². The van der Waals surface area contributed by atoms with Gasteiger partial charge in [0.1, 0.15) is 24.7 Å². The molecule has 1 fully saturated rings. The van der Waals surface area contributed by atoms with Crippen LogP contribution < -0.4 is 10.6 Å². The van der Waals surface area contributed by atoms with E-state index in [9.17, 15) is 13.6 Å². The van der Waals surface area contributed by atoms with Gasteiger partial charge >= 0.3 is 6.03 Å². The van der Waals surface area contributed by atoms with E-state index in [-0.39, 0.29) is 17.7 Å². The molecule has 2 aliphatic heterocycles. The average molecular weight is 449 g/mol. The van der Waals surface area contributed by atoms with E-state index in [1.807, 2.05) is 24.3 Å². The van der Waals surface area contributed by atoms with Crippen LogP contribution in [0.2, 0.25) is 0 Å². The lowest BCUT2D eigenvalue weighted by Crippen LogP contribution is -2.49. The summed E-state index contributed by atoms with van der Waals surface area (Å²) < 4.78 is 27.3. The van der Waals surface area contributed by atoms with Crippen molar-refractivity contribution in [2.24, 2.45) is 5.92 Å². The van der Waals surface area contributed by atoms with Crippen LogP contribution in [0, 0.1) is 17.6 Å². The molecule has 4 nitrogen and oxygen atoms in total. The summed E-state index contributed by atoms with van der Waals surface area (Å²) in [5.41, 5.74) is 5.11. The third kappa shape index (κ3) is 4.91. The molecule has 33 heavy (non-hydrogen) atoms. The van der Waals surface area contributed by atoms with E-state index in [2.05, 4.69) is 16.7 Å². The number of amides is 2. The molecule has 6 heteroatoms. The number of carbonyl (C=O) groups excluding carboxylic acids is 1. The minimum Gasteiger partial charge on any atom is -0.316 e. The summed E-state index contributed by atoms with van der Waals surface area (Å²) in [6, 6.07) is 18.4. The summed E-state index contributed by atoms with van der Waals surface area (Å²) in [7, 11) is 0. The molecular formula is C27H28F2N3O+. The van der Waals surface area contributed by atoms with Crippen LogP contribution in [-0.4, -0.2) is 23.6 Å². The van der Waals surface area contributed by atoms with Crippen molar-refractivity contribution < 1.29 is 18.1 Å². The molecule has 0 aliphatic carbocycles. The predicted molar refractivity (Wildman–Crippen MR) is 126 cm³/mol. The van der Waals surface area contributed by atoms with Gasteiger partial charge in [0.15, 0.2) is 0 Å². The number of urea groups is 1. The molecule has 2 heterocycles. The Morgan fingerprint density at radius 2 is 1.52 bits per heavy atom. The predicted octanol–water partition coefficient (Wildman–Crippen LogP) is 6.09. The number of anilines is 2. The maximum absolute atomic E-state index is 13.2. The third-order valence-corrected chi connectivity index (χ3v) is 7.08. The van der Waals surface area contributed by atoms with Gasteiger partial charge in [0.05, 0.1) is 18.8 Å². The van der Waals surface area contributed by atoms with Crippen LogP contribution in [-0.2, 0) is 19.5 Å². The average Bonchev–Trinajstić information content (AvgIpc) is 3.17. The number of nitrogens with zero attached hydrogens (tertiary/aromatic N) is 1. The molecule has 0 unspecified atom stereocenters. The molecule has 0 radical (unpaired) electrons. The molecular weight excluding hydrogens is 420 g/mol. The van der Waals surface area contributed by atoms with E-state index in [0.29, 0.717) is 11.6 Å². The number of benzene rings is 3. The zero-order valence-corrected chi connectivity index (χ0v) is 18.5. The van der Waals surface area contributed by atoms with Gasteiger partial charge in [0.2, 0.25) is 0 Å². The van der Waals surface area contributed by atoms with Crippen molar-refractivity contribution in [3.8, 4) is 0 Å². The highest BCUT2D eigenvalue weighted by Gasteiger charge is 2.40. The summed E-state index contributed by atoms with van der Waals surface area (Å²) >= 11 is 0. The van der Waals surface area contributed by atoms with Crippen molar-refractivity contribution in [2.45, 2.75) is 32.4 Å². The summed E-state index contributed by atoms with van der Waals surface area (Å²) in [6.07, 6.45) is 3.31. The first-order valence-corrected chi connectivity index (χ1v) is 11.5. The van der Waals surface area contributed by atoms with E-state index < -0.39 is 0 Å². The SMILES string of the molecule is O=C(Nc1ccc(F)cc1)Nc1cccc2c1C[N+]1(CCC(Cc3ccc(F)cc3)CC1)C2. The van der Waals surface area contributed by atoms with Crippen molar-refractivity contribution in [3.05, 3.63) is 95.1 Å². The van der Waals surface area contributed by atoms with Crippen molar-refractivity contribution in [1.29, 1.82) is 0 Å². The fourth-order valence-electron chi connectivity index (χ4n) is 5.30. The third-order valence-electron chi connectivity index (χ3n) is 7.08. The number of rotatable bonds is 4. The monoisotopic (exact) mass is 448 g/mol. The Morgan fingerprint density at radius 1 is 0.848 bits per heavy atom. The minimum atomic E-state index is -0.336. The largest absolute Gasteiger partial charge is 0.323 e. The van der Waals surface area contributed by atoms with Crippen molar-refractivity contribution in [3.63, 3.8) is 0 Å². The van der Waals surface area contributed by atoms with Crippen molar-refractivity contribution in [1.82, 2.24) is 0 Å². The highest BCUT2D eigenvalue weighted by molar-refractivity contribution is 6.00.